The van der Waals surface area contributed by atoms with Crippen molar-refractivity contribution in [3.63, 3.8) is 0 Å². The van der Waals surface area contributed by atoms with Crippen LogP contribution in [0.1, 0.15) is 46.4 Å². The zero-order valence-electron chi connectivity index (χ0n) is 13.2. The molecule has 6 heteroatoms. The summed E-state index contributed by atoms with van der Waals surface area (Å²) in [7, 11) is 0. The molecule has 0 fully saturated rings. The Morgan fingerprint density at radius 3 is 2.75 bits per heavy atom. The monoisotopic (exact) mass is 391 g/mol. The third-order valence-electron chi connectivity index (χ3n) is 4.33. The van der Waals surface area contributed by atoms with E-state index in [1.165, 1.54) is 0 Å². The maximum Gasteiger partial charge on any atom is 0.307 e. The minimum Gasteiger partial charge on any atom is -0.465 e. The molecule has 2 aliphatic rings. The Labute approximate surface area is 148 Å². The van der Waals surface area contributed by atoms with Crippen LogP contribution in [-0.2, 0) is 9.53 Å². The number of carbonyl (C=O) groups excluding carboxylic acids is 3. The van der Waals surface area contributed by atoms with Gasteiger partial charge in [-0.1, -0.05) is 28.1 Å². The van der Waals surface area contributed by atoms with Gasteiger partial charge in [-0.15, -0.1) is 0 Å². The minimum atomic E-state index is -0.373. The molecular weight excluding hydrogens is 374 g/mol. The van der Waals surface area contributed by atoms with Gasteiger partial charge in [0.25, 0.3) is 11.8 Å². The Balaban J connectivity index is 1.51. The number of hydrogen-bond donors (Lipinski definition) is 0. The van der Waals surface area contributed by atoms with Gasteiger partial charge in [0.05, 0.1) is 24.2 Å². The summed E-state index contributed by atoms with van der Waals surface area (Å²) in [6, 6.07) is 4.97. The molecule has 5 nitrogen and oxygen atoms in total. The smallest absolute Gasteiger partial charge is 0.307 e. The number of nitrogens with zero attached hydrogens (tertiary/aromatic N) is 1. The predicted molar refractivity (Wildman–Crippen MR) is 91.6 cm³/mol. The van der Waals surface area contributed by atoms with E-state index in [-0.39, 0.29) is 30.7 Å². The molecule has 1 aliphatic carbocycles. The SMILES string of the molecule is O=C(CCN1C(=O)c2ccc(Br)cc2C1=O)OCC1CC=CCC1. The molecule has 0 aromatic heterocycles. The Bertz CT molecular complexity index is 713. The molecule has 126 valence electrons. The van der Waals surface area contributed by atoms with Crippen LogP contribution in [0.4, 0.5) is 0 Å². The second-order valence-corrected chi connectivity index (χ2v) is 6.95. The molecule has 0 saturated carbocycles. The van der Waals surface area contributed by atoms with Crippen molar-refractivity contribution in [2.24, 2.45) is 5.92 Å². The number of benzene rings is 1. The van der Waals surface area contributed by atoms with E-state index in [1.807, 2.05) is 0 Å². The first-order chi connectivity index (χ1) is 11.6. The van der Waals surface area contributed by atoms with E-state index in [0.29, 0.717) is 23.7 Å². The van der Waals surface area contributed by atoms with Crippen molar-refractivity contribution in [3.8, 4) is 0 Å². The average molecular weight is 392 g/mol. The number of rotatable bonds is 5. The van der Waals surface area contributed by atoms with Crippen LogP contribution >= 0.6 is 15.9 Å². The Morgan fingerprint density at radius 2 is 2.00 bits per heavy atom. The Morgan fingerprint density at radius 1 is 1.21 bits per heavy atom. The average Bonchev–Trinajstić information content (AvgIpc) is 2.82. The lowest BCUT2D eigenvalue weighted by Crippen LogP contribution is -2.32. The highest BCUT2D eigenvalue weighted by Gasteiger charge is 2.35. The fourth-order valence-corrected chi connectivity index (χ4v) is 3.32. The van der Waals surface area contributed by atoms with Crippen LogP contribution in [0.5, 0.6) is 0 Å². The number of halogens is 1. The van der Waals surface area contributed by atoms with Crippen molar-refractivity contribution in [1.29, 1.82) is 0 Å². The van der Waals surface area contributed by atoms with Crippen molar-refractivity contribution < 1.29 is 19.1 Å². The van der Waals surface area contributed by atoms with Crippen molar-refractivity contribution in [3.05, 3.63) is 46.0 Å². The number of allylic oxidation sites excluding steroid dienone is 2. The predicted octanol–water partition coefficient (Wildman–Crippen LogP) is 3.33. The molecule has 24 heavy (non-hydrogen) atoms. The van der Waals surface area contributed by atoms with Crippen LogP contribution in [0.25, 0.3) is 0 Å². The van der Waals surface area contributed by atoms with Gasteiger partial charge in [0, 0.05) is 11.0 Å². The summed E-state index contributed by atoms with van der Waals surface area (Å²) >= 11 is 3.29. The largest absolute Gasteiger partial charge is 0.465 e. The first-order valence-electron chi connectivity index (χ1n) is 8.02. The molecular formula is C18H18BrNO4. The van der Waals surface area contributed by atoms with Gasteiger partial charge in [-0.05, 0) is 43.4 Å². The van der Waals surface area contributed by atoms with Gasteiger partial charge < -0.3 is 4.74 Å². The van der Waals surface area contributed by atoms with E-state index in [9.17, 15) is 14.4 Å². The zero-order chi connectivity index (χ0) is 17.1. The Hall–Kier alpha value is -1.95. The topological polar surface area (TPSA) is 63.7 Å². The van der Waals surface area contributed by atoms with Crippen molar-refractivity contribution in [1.82, 2.24) is 4.90 Å². The van der Waals surface area contributed by atoms with Crippen LogP contribution in [-0.4, -0.2) is 35.8 Å². The van der Waals surface area contributed by atoms with E-state index in [0.717, 1.165) is 28.6 Å². The van der Waals surface area contributed by atoms with E-state index in [4.69, 9.17) is 4.74 Å². The number of hydrogen-bond acceptors (Lipinski definition) is 4. The molecule has 0 bridgehead atoms. The van der Waals surface area contributed by atoms with Gasteiger partial charge in [-0.3, -0.25) is 19.3 Å². The number of ether oxygens (including phenoxy) is 1. The summed E-state index contributed by atoms with van der Waals surface area (Å²) in [5.41, 5.74) is 0.752. The number of esters is 1. The summed E-state index contributed by atoms with van der Waals surface area (Å²) in [5.74, 6) is -0.716. The van der Waals surface area contributed by atoms with E-state index >= 15 is 0 Å². The molecule has 1 heterocycles. The summed E-state index contributed by atoms with van der Waals surface area (Å²) in [5, 5.41) is 0. The van der Waals surface area contributed by atoms with Gasteiger partial charge in [-0.25, -0.2) is 0 Å². The van der Waals surface area contributed by atoms with Crippen LogP contribution < -0.4 is 0 Å². The summed E-state index contributed by atoms with van der Waals surface area (Å²) < 4.78 is 6.02. The highest BCUT2D eigenvalue weighted by atomic mass is 79.9. The molecule has 0 N–H and O–H groups in total. The molecule has 0 spiro atoms. The highest BCUT2D eigenvalue weighted by molar-refractivity contribution is 9.10. The number of fused-ring (bicyclic) bond motifs is 1. The van der Waals surface area contributed by atoms with Gasteiger partial charge >= 0.3 is 5.97 Å². The molecule has 0 radical (unpaired) electrons. The van der Waals surface area contributed by atoms with Crippen molar-refractivity contribution in [2.45, 2.75) is 25.7 Å². The summed E-state index contributed by atoms with van der Waals surface area (Å²) in [6.45, 7) is 0.450. The third kappa shape index (κ3) is 3.59. The van der Waals surface area contributed by atoms with E-state index in [2.05, 4.69) is 28.1 Å². The van der Waals surface area contributed by atoms with Gasteiger partial charge in [0.1, 0.15) is 0 Å². The molecule has 1 aromatic carbocycles. The molecule has 3 rings (SSSR count). The lowest BCUT2D eigenvalue weighted by molar-refractivity contribution is -0.145. The first-order valence-corrected chi connectivity index (χ1v) is 8.82. The minimum absolute atomic E-state index is 0.0230. The number of imide groups is 1. The standard InChI is InChI=1S/C18H18BrNO4/c19-13-6-7-14-15(10-13)18(23)20(17(14)22)9-8-16(21)24-11-12-4-2-1-3-5-12/h1-2,6-7,10,12H,3-5,8-9,11H2. The van der Waals surface area contributed by atoms with E-state index in [1.54, 1.807) is 18.2 Å². The molecule has 2 amide bonds. The van der Waals surface area contributed by atoms with Crippen LogP contribution in [0, 0.1) is 5.92 Å². The molecule has 1 aromatic rings. The zero-order valence-corrected chi connectivity index (χ0v) is 14.8. The second kappa shape index (κ2) is 7.30. The molecule has 1 atom stereocenters. The van der Waals surface area contributed by atoms with Crippen LogP contribution in [0.15, 0.2) is 34.8 Å². The Kier molecular flexibility index (Phi) is 5.14. The van der Waals surface area contributed by atoms with Gasteiger partial charge in [-0.2, -0.15) is 0 Å². The van der Waals surface area contributed by atoms with Crippen LogP contribution in [0.3, 0.4) is 0 Å². The van der Waals surface area contributed by atoms with Gasteiger partial charge in [0.15, 0.2) is 0 Å². The summed E-state index contributed by atoms with van der Waals surface area (Å²) in [6.07, 6.45) is 7.25. The van der Waals surface area contributed by atoms with Crippen molar-refractivity contribution in [2.75, 3.05) is 13.2 Å². The maximum atomic E-state index is 12.3. The molecule has 1 unspecified atom stereocenters. The normalized spacial score (nSPS) is 19.5. The number of carbonyl (C=O) groups is 3. The van der Waals surface area contributed by atoms with Gasteiger partial charge in [0.2, 0.25) is 0 Å². The summed E-state index contributed by atoms with van der Waals surface area (Å²) in [4.78, 5) is 37.6. The lowest BCUT2D eigenvalue weighted by Gasteiger charge is -2.18. The number of amides is 2. The third-order valence-corrected chi connectivity index (χ3v) is 4.82. The fraction of sp³-hybridized carbons (Fsp3) is 0.389. The highest BCUT2D eigenvalue weighted by Crippen LogP contribution is 2.26. The second-order valence-electron chi connectivity index (χ2n) is 6.04. The molecule has 1 aliphatic heterocycles. The first kappa shape index (κ1) is 16.9. The van der Waals surface area contributed by atoms with E-state index < -0.39 is 0 Å². The maximum absolute atomic E-state index is 12.3. The quantitative estimate of drug-likeness (QED) is 0.438. The van der Waals surface area contributed by atoms with Crippen LogP contribution in [0.2, 0.25) is 0 Å². The fourth-order valence-electron chi connectivity index (χ4n) is 2.96. The van der Waals surface area contributed by atoms with Crippen molar-refractivity contribution >= 4 is 33.7 Å². The lowest BCUT2D eigenvalue weighted by atomic mass is 9.95. The molecule has 0 saturated heterocycles.